The smallest absolute Gasteiger partial charge is 0.429 e. The molecule has 7 heteroatoms. The lowest BCUT2D eigenvalue weighted by atomic mass is 10.2. The number of ketones is 1. The van der Waals surface area contributed by atoms with Gasteiger partial charge in [-0.25, -0.2) is 20.0 Å². The monoisotopic (exact) mass is 260 g/mol. The van der Waals surface area contributed by atoms with E-state index in [4.69, 9.17) is 4.74 Å². The number of hydrazine groups is 1. The standard InChI is InChI=1S/C11H20N2O5/c1-4-7-9(14)8-13(11(16)18-6-3)12-10(15)17-5-2/h4-8H2,1-3H3,(H,12,15). The highest BCUT2D eigenvalue weighted by atomic mass is 16.6. The van der Waals surface area contributed by atoms with Crippen molar-refractivity contribution in [2.45, 2.75) is 33.6 Å². The van der Waals surface area contributed by atoms with E-state index in [0.717, 1.165) is 5.01 Å². The number of carbonyl (C=O) groups is 3. The Hall–Kier alpha value is -1.79. The predicted molar refractivity (Wildman–Crippen MR) is 63.8 cm³/mol. The number of nitrogens with zero attached hydrogens (tertiary/aromatic N) is 1. The number of hydrogen-bond donors (Lipinski definition) is 1. The third-order valence-electron chi connectivity index (χ3n) is 1.85. The van der Waals surface area contributed by atoms with Gasteiger partial charge in [-0.15, -0.1) is 0 Å². The fourth-order valence-corrected chi connectivity index (χ4v) is 1.16. The maximum atomic E-state index is 11.5. The molecule has 0 aliphatic carbocycles. The second-order valence-electron chi connectivity index (χ2n) is 3.41. The van der Waals surface area contributed by atoms with Gasteiger partial charge in [-0.3, -0.25) is 4.79 Å². The SMILES string of the molecule is CCCC(=O)CN(NC(=O)OCC)C(=O)OCC. The van der Waals surface area contributed by atoms with Crippen LogP contribution in [0.25, 0.3) is 0 Å². The van der Waals surface area contributed by atoms with Crippen LogP contribution in [0.5, 0.6) is 0 Å². The highest BCUT2D eigenvalue weighted by Crippen LogP contribution is 1.96. The largest absolute Gasteiger partial charge is 0.449 e. The normalized spacial score (nSPS) is 9.50. The Kier molecular flexibility index (Phi) is 8.34. The molecule has 0 spiro atoms. The van der Waals surface area contributed by atoms with Crippen LogP contribution in [0.15, 0.2) is 0 Å². The molecule has 0 aromatic rings. The quantitative estimate of drug-likeness (QED) is 0.731. The zero-order chi connectivity index (χ0) is 14.0. The number of rotatable bonds is 6. The lowest BCUT2D eigenvalue weighted by molar-refractivity contribution is -0.120. The molecule has 18 heavy (non-hydrogen) atoms. The number of nitrogens with one attached hydrogen (secondary N) is 1. The van der Waals surface area contributed by atoms with Gasteiger partial charge in [-0.05, 0) is 20.3 Å². The fourth-order valence-electron chi connectivity index (χ4n) is 1.16. The van der Waals surface area contributed by atoms with Crippen molar-refractivity contribution in [2.24, 2.45) is 0 Å². The average Bonchev–Trinajstić information content (AvgIpc) is 2.29. The molecule has 0 bridgehead atoms. The van der Waals surface area contributed by atoms with Crippen LogP contribution in [-0.2, 0) is 14.3 Å². The average molecular weight is 260 g/mol. The Morgan fingerprint density at radius 2 is 1.67 bits per heavy atom. The van der Waals surface area contributed by atoms with E-state index < -0.39 is 12.2 Å². The first-order valence-electron chi connectivity index (χ1n) is 5.94. The Bertz CT molecular complexity index is 273. The number of ether oxygens (including phenoxy) is 2. The van der Waals surface area contributed by atoms with Crippen molar-refractivity contribution in [2.75, 3.05) is 19.8 Å². The molecule has 0 aliphatic heterocycles. The second-order valence-corrected chi connectivity index (χ2v) is 3.41. The van der Waals surface area contributed by atoms with Crippen molar-refractivity contribution in [1.82, 2.24) is 10.4 Å². The topological polar surface area (TPSA) is 84.9 Å². The molecule has 0 aromatic carbocycles. The van der Waals surface area contributed by atoms with Crippen LogP contribution in [-0.4, -0.2) is 42.7 Å². The molecule has 0 heterocycles. The van der Waals surface area contributed by atoms with Gasteiger partial charge >= 0.3 is 12.2 Å². The highest BCUT2D eigenvalue weighted by molar-refractivity contribution is 5.85. The summed E-state index contributed by atoms with van der Waals surface area (Å²) in [5.41, 5.74) is 2.17. The van der Waals surface area contributed by atoms with Crippen molar-refractivity contribution < 1.29 is 23.9 Å². The highest BCUT2D eigenvalue weighted by Gasteiger charge is 2.20. The van der Waals surface area contributed by atoms with Gasteiger partial charge in [0.1, 0.15) is 6.54 Å². The summed E-state index contributed by atoms with van der Waals surface area (Å²) < 4.78 is 9.36. The molecule has 0 aromatic heterocycles. The van der Waals surface area contributed by atoms with Gasteiger partial charge in [-0.1, -0.05) is 6.92 Å². The molecule has 2 amide bonds. The molecule has 0 saturated carbocycles. The predicted octanol–water partition coefficient (Wildman–Crippen LogP) is 1.48. The number of hydrogen-bond acceptors (Lipinski definition) is 5. The van der Waals surface area contributed by atoms with Gasteiger partial charge in [0, 0.05) is 6.42 Å². The number of carbonyl (C=O) groups excluding carboxylic acids is 3. The maximum Gasteiger partial charge on any atom is 0.429 e. The number of amides is 2. The van der Waals surface area contributed by atoms with Crippen molar-refractivity contribution in [3.8, 4) is 0 Å². The van der Waals surface area contributed by atoms with Gasteiger partial charge in [-0.2, -0.15) is 0 Å². The van der Waals surface area contributed by atoms with Gasteiger partial charge in [0.25, 0.3) is 0 Å². The van der Waals surface area contributed by atoms with Gasteiger partial charge in [0.15, 0.2) is 5.78 Å². The molecule has 1 N–H and O–H groups in total. The van der Waals surface area contributed by atoms with Crippen LogP contribution in [0.4, 0.5) is 9.59 Å². The van der Waals surface area contributed by atoms with Crippen LogP contribution in [0, 0.1) is 0 Å². The molecule has 0 atom stereocenters. The van der Waals surface area contributed by atoms with E-state index in [2.05, 4.69) is 10.2 Å². The minimum absolute atomic E-state index is 0.155. The van der Waals surface area contributed by atoms with E-state index >= 15 is 0 Å². The second kappa shape index (κ2) is 9.26. The fraction of sp³-hybridized carbons (Fsp3) is 0.727. The first-order valence-corrected chi connectivity index (χ1v) is 5.94. The minimum atomic E-state index is -0.796. The lowest BCUT2D eigenvalue weighted by Gasteiger charge is -2.21. The van der Waals surface area contributed by atoms with E-state index in [9.17, 15) is 14.4 Å². The van der Waals surface area contributed by atoms with Crippen LogP contribution in [0.3, 0.4) is 0 Å². The Balaban J connectivity index is 4.46. The molecule has 0 rings (SSSR count). The summed E-state index contributed by atoms with van der Waals surface area (Å²) in [4.78, 5) is 34.2. The zero-order valence-electron chi connectivity index (χ0n) is 11.0. The summed E-state index contributed by atoms with van der Waals surface area (Å²) >= 11 is 0. The summed E-state index contributed by atoms with van der Waals surface area (Å²) in [7, 11) is 0. The summed E-state index contributed by atoms with van der Waals surface area (Å²) in [5.74, 6) is -0.164. The van der Waals surface area contributed by atoms with Gasteiger partial charge in [0.2, 0.25) is 0 Å². The third-order valence-corrected chi connectivity index (χ3v) is 1.85. The van der Waals surface area contributed by atoms with E-state index in [1.54, 1.807) is 13.8 Å². The summed E-state index contributed by atoms with van der Waals surface area (Å²) in [6.07, 6.45) is -0.570. The van der Waals surface area contributed by atoms with Crippen LogP contribution in [0.1, 0.15) is 33.6 Å². The molecule has 0 radical (unpaired) electrons. The van der Waals surface area contributed by atoms with Crippen LogP contribution in [0.2, 0.25) is 0 Å². The zero-order valence-corrected chi connectivity index (χ0v) is 11.0. The van der Waals surface area contributed by atoms with E-state index in [-0.39, 0.29) is 25.5 Å². The van der Waals surface area contributed by atoms with Gasteiger partial charge in [0.05, 0.1) is 13.2 Å². The maximum absolute atomic E-state index is 11.5. The Labute approximate surface area is 106 Å². The van der Waals surface area contributed by atoms with Crippen molar-refractivity contribution >= 4 is 18.0 Å². The molecule has 104 valence electrons. The molecule has 0 fully saturated rings. The van der Waals surface area contributed by atoms with Crippen molar-refractivity contribution in [3.63, 3.8) is 0 Å². The summed E-state index contributed by atoms with van der Waals surface area (Å²) in [6, 6.07) is 0. The molecular formula is C11H20N2O5. The third kappa shape index (κ3) is 6.72. The first-order chi connectivity index (χ1) is 8.54. The molecule has 0 aliphatic rings. The molecular weight excluding hydrogens is 240 g/mol. The first kappa shape index (κ1) is 16.2. The van der Waals surface area contributed by atoms with Crippen molar-refractivity contribution in [3.05, 3.63) is 0 Å². The van der Waals surface area contributed by atoms with E-state index in [1.165, 1.54) is 0 Å². The van der Waals surface area contributed by atoms with Crippen LogP contribution < -0.4 is 5.43 Å². The molecule has 7 nitrogen and oxygen atoms in total. The Morgan fingerprint density at radius 3 is 2.17 bits per heavy atom. The van der Waals surface area contributed by atoms with Crippen molar-refractivity contribution in [1.29, 1.82) is 0 Å². The summed E-state index contributed by atoms with van der Waals surface area (Å²) in [6.45, 7) is 5.22. The molecule has 0 saturated heterocycles. The lowest BCUT2D eigenvalue weighted by Crippen LogP contribution is -2.49. The van der Waals surface area contributed by atoms with Gasteiger partial charge < -0.3 is 9.47 Å². The number of Topliss-reactive ketones (excluding diaryl/α,β-unsaturated/α-hetero) is 1. The van der Waals surface area contributed by atoms with E-state index in [1.807, 2.05) is 6.92 Å². The minimum Gasteiger partial charge on any atom is -0.449 e. The Morgan fingerprint density at radius 1 is 1.06 bits per heavy atom. The van der Waals surface area contributed by atoms with E-state index in [0.29, 0.717) is 12.8 Å². The molecule has 0 unspecified atom stereocenters. The summed E-state index contributed by atoms with van der Waals surface area (Å²) in [5, 5.41) is 0.819. The van der Waals surface area contributed by atoms with Crippen LogP contribution >= 0.6 is 0 Å².